The van der Waals surface area contributed by atoms with Gasteiger partial charge in [-0.15, -0.1) is 0 Å². The van der Waals surface area contributed by atoms with Crippen LogP contribution in [0.1, 0.15) is 36.0 Å². The van der Waals surface area contributed by atoms with Crippen molar-refractivity contribution < 1.29 is 19.4 Å². The second-order valence-electron chi connectivity index (χ2n) is 7.73. The number of carboxylic acids is 1. The van der Waals surface area contributed by atoms with Crippen molar-refractivity contribution in [2.75, 3.05) is 6.54 Å². The van der Waals surface area contributed by atoms with Gasteiger partial charge < -0.3 is 15.2 Å². The molecular weight excluding hydrogens is 402 g/mol. The summed E-state index contributed by atoms with van der Waals surface area (Å²) in [6, 6.07) is 26.2. The van der Waals surface area contributed by atoms with Gasteiger partial charge in [0.05, 0.1) is 0 Å². The lowest BCUT2D eigenvalue weighted by atomic mass is 10.00. The molecule has 0 saturated carbocycles. The topological polar surface area (TPSA) is 75.6 Å². The minimum absolute atomic E-state index is 0.151. The first-order valence-electron chi connectivity index (χ1n) is 10.9. The first-order valence-corrected chi connectivity index (χ1v) is 10.9. The van der Waals surface area contributed by atoms with Gasteiger partial charge >= 0.3 is 12.1 Å². The van der Waals surface area contributed by atoms with Gasteiger partial charge in [-0.3, -0.25) is 4.79 Å². The van der Waals surface area contributed by atoms with E-state index in [1.165, 1.54) is 5.56 Å². The highest BCUT2D eigenvalue weighted by Crippen LogP contribution is 2.21. The van der Waals surface area contributed by atoms with Crippen molar-refractivity contribution in [1.29, 1.82) is 0 Å². The number of alkyl carbamates (subject to hydrolysis) is 1. The highest BCUT2D eigenvalue weighted by Gasteiger charge is 2.03. The molecule has 5 nitrogen and oxygen atoms in total. The highest BCUT2D eigenvalue weighted by atomic mass is 16.5. The van der Waals surface area contributed by atoms with Crippen molar-refractivity contribution in [1.82, 2.24) is 5.32 Å². The maximum atomic E-state index is 11.7. The summed E-state index contributed by atoms with van der Waals surface area (Å²) in [6.07, 6.45) is 3.14. The van der Waals surface area contributed by atoms with Crippen LogP contribution in [0, 0.1) is 0 Å². The number of carboxylic acid groups (broad SMARTS) is 1. The first-order chi connectivity index (χ1) is 15.6. The van der Waals surface area contributed by atoms with Gasteiger partial charge in [-0.1, -0.05) is 78.9 Å². The number of aliphatic carboxylic acids is 1. The van der Waals surface area contributed by atoms with Crippen molar-refractivity contribution in [3.8, 4) is 11.1 Å². The maximum absolute atomic E-state index is 11.7. The average Bonchev–Trinajstić information content (AvgIpc) is 2.82. The van der Waals surface area contributed by atoms with E-state index < -0.39 is 5.97 Å². The lowest BCUT2D eigenvalue weighted by Gasteiger charge is -2.08. The second kappa shape index (κ2) is 12.3. The fourth-order valence-electron chi connectivity index (χ4n) is 3.40. The van der Waals surface area contributed by atoms with Crippen LogP contribution >= 0.6 is 0 Å². The van der Waals surface area contributed by atoms with Gasteiger partial charge in [-0.2, -0.15) is 0 Å². The largest absolute Gasteiger partial charge is 0.481 e. The Morgan fingerprint density at radius 1 is 0.719 bits per heavy atom. The summed E-state index contributed by atoms with van der Waals surface area (Å²) in [6.45, 7) is 0.879. The van der Waals surface area contributed by atoms with Crippen molar-refractivity contribution in [3.63, 3.8) is 0 Å². The zero-order chi connectivity index (χ0) is 22.6. The Morgan fingerprint density at radius 2 is 1.31 bits per heavy atom. The van der Waals surface area contributed by atoms with E-state index >= 15 is 0 Å². The molecule has 0 aromatic heterocycles. The number of aryl methyl sites for hydroxylation is 2. The van der Waals surface area contributed by atoms with Gasteiger partial charge in [0.2, 0.25) is 0 Å². The highest BCUT2D eigenvalue weighted by molar-refractivity contribution is 5.68. The Bertz CT molecular complexity index is 982. The summed E-state index contributed by atoms with van der Waals surface area (Å²) >= 11 is 0. The molecule has 0 atom stereocenters. The smallest absolute Gasteiger partial charge is 0.407 e. The maximum Gasteiger partial charge on any atom is 0.407 e. The number of hydrogen-bond donors (Lipinski definition) is 2. The van der Waals surface area contributed by atoms with Gasteiger partial charge in [-0.25, -0.2) is 4.79 Å². The Kier molecular flexibility index (Phi) is 8.87. The molecule has 2 N–H and O–H groups in total. The van der Waals surface area contributed by atoms with Crippen LogP contribution in [0.4, 0.5) is 4.79 Å². The third kappa shape index (κ3) is 7.91. The monoisotopic (exact) mass is 431 g/mol. The third-order valence-corrected chi connectivity index (χ3v) is 5.24. The van der Waals surface area contributed by atoms with E-state index in [0.717, 1.165) is 41.5 Å². The predicted molar refractivity (Wildman–Crippen MR) is 125 cm³/mol. The molecular formula is C27H29NO4. The van der Waals surface area contributed by atoms with Crippen LogP contribution in [0.5, 0.6) is 0 Å². The zero-order valence-corrected chi connectivity index (χ0v) is 18.1. The zero-order valence-electron chi connectivity index (χ0n) is 18.1. The quantitative estimate of drug-likeness (QED) is 0.386. The molecule has 0 aliphatic rings. The molecule has 0 fully saturated rings. The fraction of sp³-hybridized carbons (Fsp3) is 0.259. The summed E-state index contributed by atoms with van der Waals surface area (Å²) in [5, 5.41) is 11.6. The number of nitrogens with one attached hydrogen (secondary N) is 1. The Hall–Kier alpha value is -3.60. The molecule has 0 spiro atoms. The third-order valence-electron chi connectivity index (χ3n) is 5.24. The standard InChI is InChI=1S/C27H29NO4/c29-26(30)18-13-22-11-16-25(17-12-22)24-14-9-21(10-15-24)6-4-5-19-28-27(31)32-20-23-7-2-1-3-8-23/h1-3,7-12,14-17H,4-6,13,18-20H2,(H,28,31)(H,29,30). The molecule has 1 amide bonds. The van der Waals surface area contributed by atoms with Crippen LogP contribution in [0.3, 0.4) is 0 Å². The Morgan fingerprint density at radius 3 is 1.91 bits per heavy atom. The second-order valence-corrected chi connectivity index (χ2v) is 7.73. The van der Waals surface area contributed by atoms with E-state index in [2.05, 4.69) is 29.6 Å². The number of carbonyl (C=O) groups is 2. The number of amides is 1. The Balaban J connectivity index is 1.34. The van der Waals surface area contributed by atoms with Crippen LogP contribution in [-0.4, -0.2) is 23.7 Å². The predicted octanol–water partition coefficient (Wildman–Crippen LogP) is 5.62. The minimum Gasteiger partial charge on any atom is -0.481 e. The molecule has 0 unspecified atom stereocenters. The van der Waals surface area contributed by atoms with Crippen molar-refractivity contribution >= 4 is 12.1 Å². The number of carbonyl (C=O) groups excluding carboxylic acids is 1. The van der Waals surface area contributed by atoms with Crippen molar-refractivity contribution in [2.24, 2.45) is 0 Å². The van der Waals surface area contributed by atoms with E-state index in [0.29, 0.717) is 13.0 Å². The van der Waals surface area contributed by atoms with E-state index in [1.807, 2.05) is 54.6 Å². The molecule has 166 valence electrons. The number of unbranched alkanes of at least 4 members (excludes halogenated alkanes) is 1. The van der Waals surface area contributed by atoms with Crippen LogP contribution in [-0.2, 0) is 29.0 Å². The van der Waals surface area contributed by atoms with E-state index in [1.54, 1.807) is 0 Å². The number of hydrogen-bond acceptors (Lipinski definition) is 3. The van der Waals surface area contributed by atoms with Crippen LogP contribution in [0.25, 0.3) is 11.1 Å². The molecule has 0 heterocycles. The molecule has 3 rings (SSSR count). The summed E-state index contributed by atoms with van der Waals surface area (Å²) in [7, 11) is 0. The SMILES string of the molecule is O=C(O)CCc1ccc(-c2ccc(CCCCNC(=O)OCc3ccccc3)cc2)cc1. The van der Waals surface area contributed by atoms with E-state index in [9.17, 15) is 9.59 Å². The van der Waals surface area contributed by atoms with Gasteiger partial charge in [0.1, 0.15) is 6.61 Å². The lowest BCUT2D eigenvalue weighted by molar-refractivity contribution is -0.136. The van der Waals surface area contributed by atoms with Crippen molar-refractivity contribution in [3.05, 3.63) is 95.6 Å². The molecule has 0 saturated heterocycles. The minimum atomic E-state index is -0.775. The lowest BCUT2D eigenvalue weighted by Crippen LogP contribution is -2.25. The first kappa shape index (κ1) is 23.1. The summed E-state index contributed by atoms with van der Waals surface area (Å²) < 4.78 is 5.20. The molecule has 0 aliphatic carbocycles. The molecule has 5 heteroatoms. The van der Waals surface area contributed by atoms with Gasteiger partial charge in [-0.05, 0) is 53.5 Å². The van der Waals surface area contributed by atoms with E-state index in [4.69, 9.17) is 9.84 Å². The molecule has 0 bridgehead atoms. The molecule has 0 radical (unpaired) electrons. The molecule has 32 heavy (non-hydrogen) atoms. The number of benzene rings is 3. The Labute approximate surface area is 189 Å². The molecule has 3 aromatic rings. The number of ether oxygens (including phenoxy) is 1. The summed E-state index contributed by atoms with van der Waals surface area (Å²) in [5.41, 5.74) is 5.53. The molecule has 3 aromatic carbocycles. The van der Waals surface area contributed by atoms with Gasteiger partial charge in [0, 0.05) is 13.0 Å². The van der Waals surface area contributed by atoms with Gasteiger partial charge in [0.15, 0.2) is 0 Å². The van der Waals surface area contributed by atoms with Crippen molar-refractivity contribution in [2.45, 2.75) is 38.7 Å². The molecule has 0 aliphatic heterocycles. The summed E-state index contributed by atoms with van der Waals surface area (Å²) in [4.78, 5) is 22.4. The summed E-state index contributed by atoms with van der Waals surface area (Å²) in [5.74, 6) is -0.775. The number of rotatable bonds is 11. The van der Waals surface area contributed by atoms with Crippen LogP contribution in [0.2, 0.25) is 0 Å². The van der Waals surface area contributed by atoms with Crippen LogP contribution < -0.4 is 5.32 Å². The fourth-order valence-corrected chi connectivity index (χ4v) is 3.40. The average molecular weight is 432 g/mol. The van der Waals surface area contributed by atoms with Gasteiger partial charge in [0.25, 0.3) is 0 Å². The van der Waals surface area contributed by atoms with Crippen LogP contribution in [0.15, 0.2) is 78.9 Å². The van der Waals surface area contributed by atoms with E-state index in [-0.39, 0.29) is 19.1 Å². The normalized spacial score (nSPS) is 10.5.